The molecule has 1 aromatic carbocycles. The minimum Gasteiger partial charge on any atom is -0.310 e. The fourth-order valence-corrected chi connectivity index (χ4v) is 2.81. The van der Waals surface area contributed by atoms with Crippen LogP contribution >= 0.6 is 11.3 Å². The highest BCUT2D eigenvalue weighted by molar-refractivity contribution is 7.07. The van der Waals surface area contributed by atoms with Crippen LogP contribution in [0.25, 0.3) is 0 Å². The molecule has 1 aromatic heterocycles. The smallest absolute Gasteiger partial charge is 0.0794 e. The van der Waals surface area contributed by atoms with Crippen LogP contribution in [0.4, 0.5) is 0 Å². The quantitative estimate of drug-likeness (QED) is 0.780. The molecule has 0 saturated heterocycles. The van der Waals surface area contributed by atoms with Crippen molar-refractivity contribution in [1.82, 2.24) is 10.3 Å². The summed E-state index contributed by atoms with van der Waals surface area (Å²) in [6, 6.07) is 11.2. The van der Waals surface area contributed by atoms with Gasteiger partial charge in [0.25, 0.3) is 0 Å². The highest BCUT2D eigenvalue weighted by Crippen LogP contribution is 2.19. The van der Waals surface area contributed by atoms with Crippen molar-refractivity contribution in [3.8, 4) is 0 Å². The van der Waals surface area contributed by atoms with Gasteiger partial charge in [0.05, 0.1) is 11.2 Å². The van der Waals surface area contributed by atoms with Gasteiger partial charge in [-0.05, 0) is 12.0 Å². The number of thiazole rings is 1. The van der Waals surface area contributed by atoms with Gasteiger partial charge in [-0.1, -0.05) is 50.1 Å². The van der Waals surface area contributed by atoms with E-state index in [1.165, 1.54) is 30.5 Å². The van der Waals surface area contributed by atoms with Crippen LogP contribution < -0.4 is 5.32 Å². The number of hydrogen-bond donors (Lipinski definition) is 1. The SMILES string of the molecule is CCCCC(NCCc1cscn1)c1ccccc1. The van der Waals surface area contributed by atoms with E-state index in [9.17, 15) is 0 Å². The fourth-order valence-electron chi connectivity index (χ4n) is 2.22. The van der Waals surface area contributed by atoms with E-state index >= 15 is 0 Å². The highest BCUT2D eigenvalue weighted by atomic mass is 32.1. The van der Waals surface area contributed by atoms with Crippen molar-refractivity contribution in [2.75, 3.05) is 6.54 Å². The lowest BCUT2D eigenvalue weighted by Crippen LogP contribution is -2.23. The summed E-state index contributed by atoms with van der Waals surface area (Å²) >= 11 is 1.67. The van der Waals surface area contributed by atoms with E-state index in [-0.39, 0.29) is 0 Å². The van der Waals surface area contributed by atoms with E-state index in [0.717, 1.165) is 13.0 Å². The third-order valence-electron chi connectivity index (χ3n) is 3.30. The molecule has 0 amide bonds. The molecule has 2 aromatic rings. The monoisotopic (exact) mass is 274 g/mol. The minimum atomic E-state index is 0.472. The molecule has 0 aliphatic heterocycles. The summed E-state index contributed by atoms with van der Waals surface area (Å²) in [6.07, 6.45) is 4.73. The minimum absolute atomic E-state index is 0.472. The third kappa shape index (κ3) is 4.77. The second kappa shape index (κ2) is 8.08. The first-order chi connectivity index (χ1) is 9.40. The van der Waals surface area contributed by atoms with E-state index in [0.29, 0.717) is 6.04 Å². The van der Waals surface area contributed by atoms with Gasteiger partial charge in [-0.25, -0.2) is 4.98 Å². The standard InChI is InChI=1S/C16H22N2S/c1-2-3-9-16(14-7-5-4-6-8-14)17-11-10-15-12-19-13-18-15/h4-8,12-13,16-17H,2-3,9-11H2,1H3. The van der Waals surface area contributed by atoms with Crippen LogP contribution in [-0.2, 0) is 6.42 Å². The van der Waals surface area contributed by atoms with Crippen LogP contribution in [0.3, 0.4) is 0 Å². The summed E-state index contributed by atoms with van der Waals surface area (Å²) in [5.41, 5.74) is 4.50. The normalized spacial score (nSPS) is 12.5. The molecule has 2 rings (SSSR count). The summed E-state index contributed by atoms with van der Waals surface area (Å²) in [4.78, 5) is 4.33. The molecule has 0 bridgehead atoms. The maximum absolute atomic E-state index is 4.33. The van der Waals surface area contributed by atoms with E-state index in [1.54, 1.807) is 11.3 Å². The molecule has 19 heavy (non-hydrogen) atoms. The van der Waals surface area contributed by atoms with Gasteiger partial charge >= 0.3 is 0 Å². The average molecular weight is 274 g/mol. The summed E-state index contributed by atoms with van der Waals surface area (Å²) < 4.78 is 0. The van der Waals surface area contributed by atoms with Crippen LogP contribution in [0.2, 0.25) is 0 Å². The van der Waals surface area contributed by atoms with Crippen LogP contribution in [-0.4, -0.2) is 11.5 Å². The first-order valence-corrected chi connectivity index (χ1v) is 8.00. The topological polar surface area (TPSA) is 24.9 Å². The maximum atomic E-state index is 4.33. The molecule has 0 saturated carbocycles. The Labute approximate surface area is 119 Å². The molecule has 2 nitrogen and oxygen atoms in total. The molecule has 1 unspecified atom stereocenters. The molecule has 0 radical (unpaired) electrons. The average Bonchev–Trinajstić information content (AvgIpc) is 2.97. The molecule has 0 spiro atoms. The van der Waals surface area contributed by atoms with Crippen molar-refractivity contribution < 1.29 is 0 Å². The first-order valence-electron chi connectivity index (χ1n) is 7.05. The third-order valence-corrected chi connectivity index (χ3v) is 3.94. The van der Waals surface area contributed by atoms with E-state index in [4.69, 9.17) is 0 Å². The number of hydrogen-bond acceptors (Lipinski definition) is 3. The molecule has 0 aliphatic carbocycles. The molecule has 0 fully saturated rings. The van der Waals surface area contributed by atoms with Crippen molar-refractivity contribution in [3.05, 3.63) is 52.5 Å². The largest absolute Gasteiger partial charge is 0.310 e. The Morgan fingerprint density at radius 3 is 2.79 bits per heavy atom. The molecule has 1 atom stereocenters. The second-order valence-corrected chi connectivity index (χ2v) is 5.51. The molecular weight excluding hydrogens is 252 g/mol. The Hall–Kier alpha value is -1.19. The van der Waals surface area contributed by atoms with Crippen LogP contribution in [0.5, 0.6) is 0 Å². The Morgan fingerprint density at radius 1 is 1.26 bits per heavy atom. The van der Waals surface area contributed by atoms with Crippen LogP contribution in [0.15, 0.2) is 41.2 Å². The van der Waals surface area contributed by atoms with Crippen molar-refractivity contribution in [3.63, 3.8) is 0 Å². The summed E-state index contributed by atoms with van der Waals surface area (Å²) in [6.45, 7) is 3.24. The number of unbranched alkanes of at least 4 members (excludes halogenated alkanes) is 1. The number of nitrogens with zero attached hydrogens (tertiary/aromatic N) is 1. The first kappa shape index (κ1) is 14.2. The maximum Gasteiger partial charge on any atom is 0.0794 e. The lowest BCUT2D eigenvalue weighted by molar-refractivity contribution is 0.483. The molecule has 102 valence electrons. The molecule has 1 N–H and O–H groups in total. The van der Waals surface area contributed by atoms with Gasteiger partial charge in [-0.15, -0.1) is 11.3 Å². The van der Waals surface area contributed by atoms with Gasteiger partial charge in [0.2, 0.25) is 0 Å². The van der Waals surface area contributed by atoms with E-state index < -0.39 is 0 Å². The highest BCUT2D eigenvalue weighted by Gasteiger charge is 2.09. The predicted octanol–water partition coefficient (Wildman–Crippen LogP) is 4.21. The van der Waals surface area contributed by atoms with Crippen molar-refractivity contribution >= 4 is 11.3 Å². The zero-order valence-electron chi connectivity index (χ0n) is 11.5. The Balaban J connectivity index is 1.87. The number of benzene rings is 1. The van der Waals surface area contributed by atoms with Gasteiger partial charge in [0.1, 0.15) is 0 Å². The molecular formula is C16H22N2S. The Morgan fingerprint density at radius 2 is 2.11 bits per heavy atom. The summed E-state index contributed by atoms with van der Waals surface area (Å²) in [7, 11) is 0. The van der Waals surface area contributed by atoms with Gasteiger partial charge < -0.3 is 5.32 Å². The zero-order valence-corrected chi connectivity index (χ0v) is 12.3. The van der Waals surface area contributed by atoms with Gasteiger partial charge in [-0.3, -0.25) is 0 Å². The molecule has 1 heterocycles. The lowest BCUT2D eigenvalue weighted by atomic mass is 10.0. The van der Waals surface area contributed by atoms with E-state index in [2.05, 4.69) is 52.9 Å². The van der Waals surface area contributed by atoms with Gasteiger partial charge in [-0.2, -0.15) is 0 Å². The van der Waals surface area contributed by atoms with Crippen molar-refractivity contribution in [1.29, 1.82) is 0 Å². The number of aromatic nitrogens is 1. The molecule has 0 aliphatic rings. The fraction of sp³-hybridized carbons (Fsp3) is 0.438. The summed E-state index contributed by atoms with van der Waals surface area (Å²) in [5.74, 6) is 0. The van der Waals surface area contributed by atoms with E-state index in [1.807, 2.05) is 5.51 Å². The van der Waals surface area contributed by atoms with Crippen LogP contribution in [0, 0.1) is 0 Å². The van der Waals surface area contributed by atoms with Gasteiger partial charge in [0, 0.05) is 24.4 Å². The van der Waals surface area contributed by atoms with Crippen molar-refractivity contribution in [2.24, 2.45) is 0 Å². The molecule has 3 heteroatoms. The second-order valence-electron chi connectivity index (χ2n) is 4.79. The Kier molecular flexibility index (Phi) is 6.05. The predicted molar refractivity (Wildman–Crippen MR) is 82.5 cm³/mol. The number of nitrogens with one attached hydrogen (secondary N) is 1. The van der Waals surface area contributed by atoms with Gasteiger partial charge in [0.15, 0.2) is 0 Å². The lowest BCUT2D eigenvalue weighted by Gasteiger charge is -2.18. The van der Waals surface area contributed by atoms with Crippen LogP contribution in [0.1, 0.15) is 43.5 Å². The number of rotatable bonds is 8. The zero-order chi connectivity index (χ0) is 13.3. The van der Waals surface area contributed by atoms with Crippen molar-refractivity contribution in [2.45, 2.75) is 38.6 Å². The summed E-state index contributed by atoms with van der Waals surface area (Å²) in [5, 5.41) is 5.80. The Bertz CT molecular complexity index is 439.